The Morgan fingerprint density at radius 2 is 1.91 bits per heavy atom. The lowest BCUT2D eigenvalue weighted by molar-refractivity contribution is 0.532. The predicted octanol–water partition coefficient (Wildman–Crippen LogP) is 4.82. The largest absolute Gasteiger partial charge is 0.369 e. The molecule has 1 aromatic heterocycles. The topological polar surface area (TPSA) is 92.1 Å². The van der Waals surface area contributed by atoms with Crippen molar-refractivity contribution in [2.45, 2.75) is 45.1 Å². The molecule has 6 nitrogen and oxygen atoms in total. The monoisotopic (exact) mass is 470 g/mol. The Kier molecular flexibility index (Phi) is 7.94. The van der Waals surface area contributed by atoms with Crippen molar-refractivity contribution in [3.8, 4) is 0 Å². The van der Waals surface area contributed by atoms with E-state index in [4.69, 9.17) is 27.8 Å². The van der Waals surface area contributed by atoms with Crippen LogP contribution in [0, 0.1) is 12.3 Å². The summed E-state index contributed by atoms with van der Waals surface area (Å²) in [6, 6.07) is 18.5. The molecule has 4 rings (SSSR count). The van der Waals surface area contributed by atoms with Gasteiger partial charge in [0.15, 0.2) is 0 Å². The molecule has 0 bridgehead atoms. The number of nitrogens with zero attached hydrogens (tertiary/aromatic N) is 3. The molecule has 2 aromatic carbocycles. The van der Waals surface area contributed by atoms with Gasteiger partial charge in [-0.3, -0.25) is 10.1 Å². The first-order valence-corrected chi connectivity index (χ1v) is 10.9. The van der Waals surface area contributed by atoms with Gasteiger partial charge in [0.25, 0.3) is 0 Å². The van der Waals surface area contributed by atoms with Crippen molar-refractivity contribution in [2.75, 3.05) is 0 Å². The van der Waals surface area contributed by atoms with Gasteiger partial charge in [-0.15, -0.1) is 12.4 Å². The third-order valence-electron chi connectivity index (χ3n) is 5.74. The highest BCUT2D eigenvalue weighted by Gasteiger charge is 2.31. The molecule has 4 N–H and O–H groups in total. The van der Waals surface area contributed by atoms with Crippen LogP contribution in [0.25, 0.3) is 0 Å². The smallest absolute Gasteiger partial charge is 0.206 e. The summed E-state index contributed by atoms with van der Waals surface area (Å²) in [5.74, 6) is 0.0134. The van der Waals surface area contributed by atoms with E-state index in [2.05, 4.69) is 45.5 Å². The lowest BCUT2D eigenvalue weighted by atomic mass is 9.81. The van der Waals surface area contributed by atoms with E-state index in [1.165, 1.54) is 11.3 Å². The molecule has 0 spiro atoms. The Morgan fingerprint density at radius 3 is 2.62 bits per heavy atom. The minimum Gasteiger partial charge on any atom is -0.369 e. The fourth-order valence-electron chi connectivity index (χ4n) is 4.37. The number of guanidine groups is 1. The normalized spacial score (nSPS) is 16.3. The van der Waals surface area contributed by atoms with Gasteiger partial charge >= 0.3 is 0 Å². The second-order valence-corrected chi connectivity index (χ2v) is 8.34. The van der Waals surface area contributed by atoms with E-state index in [9.17, 15) is 0 Å². The lowest BCUT2D eigenvalue weighted by Gasteiger charge is -2.26. The Morgan fingerprint density at radius 1 is 1.19 bits per heavy atom. The van der Waals surface area contributed by atoms with Crippen LogP contribution in [0.5, 0.6) is 0 Å². The van der Waals surface area contributed by atoms with Crippen LogP contribution in [0.15, 0.2) is 59.7 Å². The molecule has 1 aliphatic carbocycles. The molecule has 3 aromatic rings. The number of hydrogen-bond acceptors (Lipinski definition) is 3. The third-order valence-corrected chi connectivity index (χ3v) is 6.08. The van der Waals surface area contributed by atoms with Gasteiger partial charge in [-0.1, -0.05) is 60.1 Å². The summed E-state index contributed by atoms with van der Waals surface area (Å²) in [4.78, 5) is 0. The van der Waals surface area contributed by atoms with Crippen LogP contribution in [-0.4, -0.2) is 21.5 Å². The van der Waals surface area contributed by atoms with Gasteiger partial charge in [0, 0.05) is 22.8 Å². The molecule has 1 atom stereocenters. The van der Waals surface area contributed by atoms with Gasteiger partial charge in [-0.2, -0.15) is 10.2 Å². The van der Waals surface area contributed by atoms with Crippen LogP contribution in [-0.2, 0) is 19.4 Å². The van der Waals surface area contributed by atoms with E-state index in [1.54, 1.807) is 0 Å². The Balaban J connectivity index is 0.00000289. The van der Waals surface area contributed by atoms with E-state index in [-0.39, 0.29) is 24.3 Å². The average Bonchev–Trinajstić information content (AvgIpc) is 3.08. The second kappa shape index (κ2) is 10.7. The molecular formula is C24H28Cl2N6. The molecule has 0 saturated carbocycles. The highest BCUT2D eigenvalue weighted by Crippen LogP contribution is 2.37. The minimum absolute atomic E-state index is 0. The number of halogens is 2. The molecule has 0 radical (unpaired) electrons. The van der Waals surface area contributed by atoms with Gasteiger partial charge in [0.1, 0.15) is 0 Å². The van der Waals surface area contributed by atoms with E-state index in [1.807, 2.05) is 31.2 Å². The van der Waals surface area contributed by atoms with Crippen LogP contribution in [0.3, 0.4) is 0 Å². The number of aryl methyl sites for hydroxylation is 3. The Labute approximate surface area is 199 Å². The van der Waals surface area contributed by atoms with E-state index < -0.39 is 0 Å². The zero-order valence-corrected chi connectivity index (χ0v) is 19.6. The van der Waals surface area contributed by atoms with Gasteiger partial charge in [0.05, 0.1) is 11.4 Å². The number of rotatable bonds is 6. The summed E-state index contributed by atoms with van der Waals surface area (Å²) in [7, 11) is 0. The second-order valence-electron chi connectivity index (χ2n) is 7.93. The van der Waals surface area contributed by atoms with Crippen LogP contribution in [0.1, 0.15) is 46.8 Å². The molecular weight excluding hydrogens is 443 g/mol. The summed E-state index contributed by atoms with van der Waals surface area (Å²) in [5.41, 5.74) is 14.6. The van der Waals surface area contributed by atoms with E-state index >= 15 is 0 Å². The van der Waals surface area contributed by atoms with Gasteiger partial charge in [0.2, 0.25) is 5.96 Å². The first kappa shape index (κ1) is 23.8. The zero-order chi connectivity index (χ0) is 21.8. The number of nitrogens with one attached hydrogen (secondary N) is 2. The number of fused-ring (bicyclic) bond motifs is 1. The van der Waals surface area contributed by atoms with E-state index in [0.29, 0.717) is 6.42 Å². The first-order chi connectivity index (χ1) is 15.0. The minimum atomic E-state index is -0.179. The molecule has 0 amide bonds. The van der Waals surface area contributed by atoms with Crippen molar-refractivity contribution in [1.82, 2.24) is 15.2 Å². The summed E-state index contributed by atoms with van der Waals surface area (Å²) in [5, 5.41) is 17.6. The van der Waals surface area contributed by atoms with Crippen molar-refractivity contribution in [1.29, 1.82) is 5.41 Å². The predicted molar refractivity (Wildman–Crippen MR) is 133 cm³/mol. The van der Waals surface area contributed by atoms with Gasteiger partial charge in [-0.25, -0.2) is 5.43 Å². The molecule has 0 fully saturated rings. The van der Waals surface area contributed by atoms with Gasteiger partial charge in [-0.05, 0) is 55.7 Å². The molecule has 8 heteroatoms. The molecule has 1 unspecified atom stereocenters. The highest BCUT2D eigenvalue weighted by atomic mass is 35.5. The van der Waals surface area contributed by atoms with Crippen molar-refractivity contribution < 1.29 is 0 Å². The average molecular weight is 471 g/mol. The Hall–Kier alpha value is -2.83. The number of hydrazone groups is 1. The third kappa shape index (κ3) is 5.31. The number of nitrogens with two attached hydrogens (primary N) is 1. The van der Waals surface area contributed by atoms with Crippen molar-refractivity contribution in [3.05, 3.63) is 87.7 Å². The summed E-state index contributed by atoms with van der Waals surface area (Å²) < 4.78 is 2.12. The first-order valence-electron chi connectivity index (χ1n) is 10.5. The molecule has 32 heavy (non-hydrogen) atoms. The maximum absolute atomic E-state index is 7.49. The van der Waals surface area contributed by atoms with Crippen LogP contribution in [0.4, 0.5) is 0 Å². The van der Waals surface area contributed by atoms with Crippen LogP contribution < -0.4 is 11.2 Å². The standard InChI is InChI=1S/C24H27ClN6.ClH/c1-16-23-21(28-29-24(26)27)14-18(19-11-5-6-12-20(19)25)15-22(23)31(30-16)13-7-10-17-8-3-2-4-9-17;/h2-6,8-9,11-12,18H,7,10,13-15H2,1H3,(H4,26,27,29);1H/b28-21-;. The molecule has 0 aliphatic heterocycles. The number of hydrogen-bond donors (Lipinski definition) is 3. The van der Waals surface area contributed by atoms with Crippen molar-refractivity contribution in [3.63, 3.8) is 0 Å². The SMILES string of the molecule is Cc1nn(CCCc2ccccc2)c2c1/C(=N\NC(=N)N)CC(c1ccccc1Cl)C2.Cl. The highest BCUT2D eigenvalue weighted by molar-refractivity contribution is 6.31. The van der Waals surface area contributed by atoms with Gasteiger partial charge < -0.3 is 5.73 Å². The molecule has 1 heterocycles. The molecule has 0 saturated heterocycles. The fourth-order valence-corrected chi connectivity index (χ4v) is 4.66. The maximum atomic E-state index is 7.49. The maximum Gasteiger partial charge on any atom is 0.206 e. The molecule has 1 aliphatic rings. The molecule has 168 valence electrons. The fraction of sp³-hybridized carbons (Fsp3) is 0.292. The van der Waals surface area contributed by atoms with Crippen molar-refractivity contribution in [2.24, 2.45) is 10.8 Å². The van der Waals surface area contributed by atoms with Crippen molar-refractivity contribution >= 4 is 35.7 Å². The lowest BCUT2D eigenvalue weighted by Crippen LogP contribution is -2.29. The Bertz CT molecular complexity index is 1110. The van der Waals surface area contributed by atoms with Crippen LogP contribution >= 0.6 is 24.0 Å². The van der Waals surface area contributed by atoms with E-state index in [0.717, 1.165) is 53.4 Å². The van der Waals surface area contributed by atoms with Crippen LogP contribution in [0.2, 0.25) is 5.02 Å². The summed E-state index contributed by atoms with van der Waals surface area (Å²) in [6.45, 7) is 2.86. The summed E-state index contributed by atoms with van der Waals surface area (Å²) in [6.07, 6.45) is 3.58. The number of benzene rings is 2. The quantitative estimate of drug-likeness (QED) is 0.274. The zero-order valence-electron chi connectivity index (χ0n) is 18.0. The summed E-state index contributed by atoms with van der Waals surface area (Å²) >= 11 is 6.52. The number of aromatic nitrogens is 2.